The number of rotatable bonds is 4. The van der Waals surface area contributed by atoms with E-state index in [0.717, 1.165) is 51.6 Å². The number of carbonyl (C=O) groups excluding carboxylic acids is 1. The highest BCUT2D eigenvalue weighted by molar-refractivity contribution is 6.23. The van der Waals surface area contributed by atoms with Gasteiger partial charge in [-0.3, -0.25) is 4.79 Å². The van der Waals surface area contributed by atoms with Crippen molar-refractivity contribution in [1.82, 2.24) is 4.98 Å². The largest absolute Gasteiger partial charge is 0.496 e. The zero-order valence-corrected chi connectivity index (χ0v) is 25.3. The van der Waals surface area contributed by atoms with Crippen LogP contribution in [0.1, 0.15) is 65.4 Å². The number of methoxy groups -OCH3 is 2. The Bertz CT molecular complexity index is 1860. The molecular formula is C34H33F3N2O5. The number of aromatic amines is 1. The van der Waals surface area contributed by atoms with Gasteiger partial charge in [0.25, 0.3) is 0 Å². The van der Waals surface area contributed by atoms with Gasteiger partial charge in [0.15, 0.2) is 5.78 Å². The van der Waals surface area contributed by atoms with E-state index in [0.29, 0.717) is 22.6 Å². The lowest BCUT2D eigenvalue weighted by molar-refractivity contribution is -0.192. The van der Waals surface area contributed by atoms with Crippen molar-refractivity contribution in [2.24, 2.45) is 4.99 Å². The molecule has 0 saturated heterocycles. The van der Waals surface area contributed by atoms with E-state index in [4.69, 9.17) is 24.4 Å². The van der Waals surface area contributed by atoms with Crippen LogP contribution in [-0.2, 0) is 11.2 Å². The molecule has 44 heavy (non-hydrogen) atoms. The van der Waals surface area contributed by atoms with Gasteiger partial charge in [0.1, 0.15) is 11.5 Å². The lowest BCUT2D eigenvalue weighted by atomic mass is 9.97. The summed E-state index contributed by atoms with van der Waals surface area (Å²) >= 11 is 0. The number of aliphatic carboxylic acids is 1. The van der Waals surface area contributed by atoms with Crippen molar-refractivity contribution in [1.29, 1.82) is 0 Å². The standard InChI is InChI=1S/C32H32N2O3.C2HF3O2/c1-7-24-18(3)26-15-22-13-20(9-11-30(22)36-5)32(35)21-10-12-31(37-6)23(14-21)16-27-19(4)25(8-2)29(34-27)17-28(24)33-26;3-2(4,5)1(6)7/h9-17,33H,7-8H2,1-6H3;(H,6,7). The summed E-state index contributed by atoms with van der Waals surface area (Å²) in [5, 5.41) is 9.18. The monoisotopic (exact) mass is 606 g/mol. The van der Waals surface area contributed by atoms with Crippen LogP contribution in [0.5, 0.6) is 11.5 Å². The van der Waals surface area contributed by atoms with Crippen LogP contribution in [0.3, 0.4) is 0 Å². The Morgan fingerprint density at radius 2 is 1.43 bits per heavy atom. The maximum atomic E-state index is 13.6. The average Bonchev–Trinajstić information content (AvgIpc) is 3.45. The van der Waals surface area contributed by atoms with Crippen molar-refractivity contribution < 1.29 is 37.3 Å². The molecule has 1 aromatic heterocycles. The molecule has 0 fully saturated rings. The van der Waals surface area contributed by atoms with Crippen LogP contribution in [0.25, 0.3) is 18.2 Å². The first-order chi connectivity index (χ1) is 20.8. The fraction of sp³-hybridized carbons (Fsp3) is 0.265. The molecule has 0 saturated carbocycles. The molecule has 3 heterocycles. The van der Waals surface area contributed by atoms with E-state index in [-0.39, 0.29) is 5.78 Å². The number of aliphatic imine (C=N–C) groups is 1. The number of hydrogen-bond acceptors (Lipinski definition) is 5. The Morgan fingerprint density at radius 3 is 1.91 bits per heavy atom. The van der Waals surface area contributed by atoms with Crippen molar-refractivity contribution in [3.05, 3.63) is 97.3 Å². The molecule has 0 radical (unpaired) electrons. The Hall–Kier alpha value is -4.86. The summed E-state index contributed by atoms with van der Waals surface area (Å²) in [7, 11) is 3.29. The summed E-state index contributed by atoms with van der Waals surface area (Å²) < 4.78 is 43.0. The minimum Gasteiger partial charge on any atom is -0.496 e. The van der Waals surface area contributed by atoms with Crippen molar-refractivity contribution >= 4 is 35.7 Å². The highest BCUT2D eigenvalue weighted by atomic mass is 19.4. The minimum atomic E-state index is -5.08. The maximum absolute atomic E-state index is 13.6. The van der Waals surface area contributed by atoms with Crippen molar-refractivity contribution in [3.63, 3.8) is 0 Å². The molecule has 2 aliphatic rings. The second kappa shape index (κ2) is 12.8. The van der Waals surface area contributed by atoms with Gasteiger partial charge >= 0.3 is 12.1 Å². The number of benzene rings is 2. The molecule has 0 amide bonds. The van der Waals surface area contributed by atoms with Gasteiger partial charge in [-0.25, -0.2) is 9.79 Å². The number of nitrogens with zero attached hydrogens (tertiary/aromatic N) is 1. The summed E-state index contributed by atoms with van der Waals surface area (Å²) in [4.78, 5) is 31.2. The van der Waals surface area contributed by atoms with Gasteiger partial charge in [0.2, 0.25) is 0 Å². The van der Waals surface area contributed by atoms with Crippen molar-refractivity contribution in [3.8, 4) is 11.5 Å². The fourth-order valence-corrected chi connectivity index (χ4v) is 5.32. The normalized spacial score (nSPS) is 14.1. The number of ketones is 1. The Kier molecular flexibility index (Phi) is 9.32. The number of H-pyrrole nitrogens is 1. The highest BCUT2D eigenvalue weighted by Crippen LogP contribution is 2.33. The number of carboxylic acids is 1. The molecule has 2 N–H and O–H groups in total. The quantitative estimate of drug-likeness (QED) is 0.385. The first-order valence-corrected chi connectivity index (χ1v) is 14.0. The average molecular weight is 607 g/mol. The molecule has 2 aliphatic heterocycles. The Morgan fingerprint density at radius 1 is 0.886 bits per heavy atom. The van der Waals surface area contributed by atoms with Gasteiger partial charge in [0.05, 0.1) is 25.6 Å². The van der Waals surface area contributed by atoms with Crippen molar-refractivity contribution in [2.75, 3.05) is 14.2 Å². The molecule has 0 spiro atoms. The third-order valence-corrected chi connectivity index (χ3v) is 7.64. The Balaban J connectivity index is 0.000000566. The number of fused-ring (bicyclic) bond motifs is 7. The third-order valence-electron chi connectivity index (χ3n) is 7.64. The summed E-state index contributed by atoms with van der Waals surface area (Å²) in [6, 6.07) is 11.1. The molecule has 5 rings (SSSR count). The molecule has 8 bridgehead atoms. The van der Waals surface area contributed by atoms with Gasteiger partial charge in [-0.05, 0) is 104 Å². The van der Waals surface area contributed by atoms with E-state index in [1.807, 2.05) is 42.5 Å². The first-order valence-electron chi connectivity index (χ1n) is 14.0. The molecular weight excluding hydrogens is 573 g/mol. The maximum Gasteiger partial charge on any atom is 0.490 e. The van der Waals surface area contributed by atoms with Gasteiger partial charge in [-0.15, -0.1) is 0 Å². The zero-order chi connectivity index (χ0) is 32.3. The SMILES string of the molecule is CCC1=C(C)C2=Cc3cc(ccc3OC)C(=O)c3ccc(OC)c(c3)C=c3[nH]c(c(CC)c3C)=CC1=N2.O=C(O)C(F)(F)F. The van der Waals surface area contributed by atoms with E-state index >= 15 is 0 Å². The van der Waals surface area contributed by atoms with E-state index in [9.17, 15) is 18.0 Å². The highest BCUT2D eigenvalue weighted by Gasteiger charge is 2.38. The van der Waals surface area contributed by atoms with Crippen LogP contribution < -0.4 is 20.2 Å². The molecule has 230 valence electrons. The molecule has 0 unspecified atom stereocenters. The smallest absolute Gasteiger partial charge is 0.490 e. The third kappa shape index (κ3) is 6.39. The van der Waals surface area contributed by atoms with Gasteiger partial charge < -0.3 is 19.6 Å². The second-order valence-electron chi connectivity index (χ2n) is 10.2. The van der Waals surface area contributed by atoms with Crippen LogP contribution in [0.4, 0.5) is 13.2 Å². The number of halogens is 3. The summed E-state index contributed by atoms with van der Waals surface area (Å²) in [5.74, 6) is -1.40. The first kappa shape index (κ1) is 32.1. The lowest BCUT2D eigenvalue weighted by Gasteiger charge is -2.10. The lowest BCUT2D eigenvalue weighted by Crippen LogP contribution is -2.21. The van der Waals surface area contributed by atoms with E-state index < -0.39 is 12.1 Å². The van der Waals surface area contributed by atoms with Crippen LogP contribution in [0.15, 0.2) is 58.2 Å². The van der Waals surface area contributed by atoms with Crippen LogP contribution in [-0.4, -0.2) is 48.0 Å². The van der Waals surface area contributed by atoms with Crippen LogP contribution in [0.2, 0.25) is 0 Å². The van der Waals surface area contributed by atoms with Gasteiger partial charge in [-0.2, -0.15) is 13.2 Å². The van der Waals surface area contributed by atoms with Crippen LogP contribution in [0, 0.1) is 6.92 Å². The predicted octanol–water partition coefficient (Wildman–Crippen LogP) is 5.91. The Labute approximate surface area is 252 Å². The molecule has 10 heteroatoms. The number of hydrogen-bond donors (Lipinski definition) is 2. The second-order valence-corrected chi connectivity index (χ2v) is 10.2. The molecule has 7 nitrogen and oxygen atoms in total. The zero-order valence-electron chi connectivity index (χ0n) is 25.3. The topological polar surface area (TPSA) is 101 Å². The van der Waals surface area contributed by atoms with Gasteiger partial charge in [0, 0.05) is 33.0 Å². The number of allylic oxidation sites excluding steroid dienone is 2. The molecule has 0 aliphatic carbocycles. The molecule has 0 atom stereocenters. The number of aromatic nitrogens is 1. The fourth-order valence-electron chi connectivity index (χ4n) is 5.32. The van der Waals surface area contributed by atoms with E-state index in [2.05, 4.69) is 44.8 Å². The number of nitrogens with one attached hydrogen (secondary N) is 1. The number of carboxylic acid groups (broad SMARTS) is 1. The van der Waals surface area contributed by atoms with Gasteiger partial charge in [-0.1, -0.05) is 13.8 Å². The molecule has 2 aromatic carbocycles. The number of ether oxygens (including phenoxy) is 2. The van der Waals surface area contributed by atoms with E-state index in [1.165, 1.54) is 16.7 Å². The predicted molar refractivity (Wildman–Crippen MR) is 164 cm³/mol. The summed E-state index contributed by atoms with van der Waals surface area (Å²) in [6.07, 6.45) is 2.93. The van der Waals surface area contributed by atoms with Crippen molar-refractivity contribution in [2.45, 2.75) is 46.7 Å². The number of carbonyl (C=O) groups is 2. The van der Waals surface area contributed by atoms with Crippen LogP contribution >= 0.6 is 0 Å². The number of alkyl halides is 3. The van der Waals surface area contributed by atoms with E-state index in [1.54, 1.807) is 14.2 Å². The summed E-state index contributed by atoms with van der Waals surface area (Å²) in [5.41, 5.74) is 9.50. The summed E-state index contributed by atoms with van der Waals surface area (Å²) in [6.45, 7) is 8.58. The minimum absolute atomic E-state index is 0.0599. The molecule has 3 aromatic rings.